The van der Waals surface area contributed by atoms with Crippen LogP contribution in [-0.4, -0.2) is 5.78 Å². The fraction of sp³-hybridized carbons (Fsp3) is 0.300. The molecule has 12 heavy (non-hydrogen) atoms. The number of thiophene rings is 1. The summed E-state index contributed by atoms with van der Waals surface area (Å²) < 4.78 is 0. The molecule has 0 fully saturated rings. The van der Waals surface area contributed by atoms with Crippen LogP contribution in [0.25, 0.3) is 6.08 Å². The minimum absolute atomic E-state index is 0.160. The van der Waals surface area contributed by atoms with E-state index in [9.17, 15) is 4.79 Å². The van der Waals surface area contributed by atoms with Crippen molar-refractivity contribution in [3.63, 3.8) is 0 Å². The monoisotopic (exact) mass is 180 g/mol. The molecule has 0 aromatic carbocycles. The van der Waals surface area contributed by atoms with Gasteiger partial charge in [0, 0.05) is 4.88 Å². The maximum absolute atomic E-state index is 11.1. The van der Waals surface area contributed by atoms with E-state index in [0.717, 1.165) is 15.3 Å². The molecule has 1 rings (SSSR count). The first kappa shape index (κ1) is 9.20. The van der Waals surface area contributed by atoms with Gasteiger partial charge in [0.15, 0.2) is 5.78 Å². The van der Waals surface area contributed by atoms with Gasteiger partial charge in [-0.15, -0.1) is 11.3 Å². The number of hydrogen-bond acceptors (Lipinski definition) is 2. The molecule has 0 aliphatic heterocycles. The maximum Gasteiger partial charge on any atom is 0.170 e. The topological polar surface area (TPSA) is 17.1 Å². The van der Waals surface area contributed by atoms with Gasteiger partial charge in [-0.2, -0.15) is 0 Å². The smallest absolute Gasteiger partial charge is 0.170 e. The van der Waals surface area contributed by atoms with Gasteiger partial charge < -0.3 is 0 Å². The normalized spacial score (nSPS) is 10.9. The van der Waals surface area contributed by atoms with Gasteiger partial charge in [0.05, 0.1) is 4.88 Å². The van der Waals surface area contributed by atoms with Gasteiger partial charge in [-0.3, -0.25) is 4.79 Å². The van der Waals surface area contributed by atoms with Crippen molar-refractivity contribution < 1.29 is 4.79 Å². The third-order valence-corrected chi connectivity index (χ3v) is 2.89. The molecule has 0 saturated heterocycles. The van der Waals surface area contributed by atoms with Crippen molar-refractivity contribution in [1.82, 2.24) is 0 Å². The molecule has 0 amide bonds. The molecule has 0 atom stereocenters. The van der Waals surface area contributed by atoms with Crippen LogP contribution < -0.4 is 0 Å². The summed E-state index contributed by atoms with van der Waals surface area (Å²) in [7, 11) is 0. The van der Waals surface area contributed by atoms with Gasteiger partial charge in [-0.1, -0.05) is 6.08 Å². The first-order valence-electron chi connectivity index (χ1n) is 3.89. The Morgan fingerprint density at radius 2 is 2.25 bits per heavy atom. The van der Waals surface area contributed by atoms with Crippen LogP contribution in [0.3, 0.4) is 0 Å². The van der Waals surface area contributed by atoms with E-state index in [4.69, 9.17) is 0 Å². The molecule has 0 saturated carbocycles. The lowest BCUT2D eigenvalue weighted by molar-refractivity contribution is 0.102. The lowest BCUT2D eigenvalue weighted by Gasteiger charge is -1.87. The Balaban J connectivity index is 3.08. The molecule has 64 valence electrons. The van der Waals surface area contributed by atoms with Crippen LogP contribution in [0.4, 0.5) is 0 Å². The van der Waals surface area contributed by atoms with E-state index in [1.165, 1.54) is 0 Å². The average Bonchev–Trinajstić information content (AvgIpc) is 2.32. The van der Waals surface area contributed by atoms with Gasteiger partial charge in [-0.05, 0) is 38.5 Å². The summed E-state index contributed by atoms with van der Waals surface area (Å²) in [5.74, 6) is 0.160. The van der Waals surface area contributed by atoms with E-state index in [0.29, 0.717) is 0 Å². The highest BCUT2D eigenvalue weighted by molar-refractivity contribution is 7.15. The van der Waals surface area contributed by atoms with Crippen molar-refractivity contribution in [2.24, 2.45) is 0 Å². The van der Waals surface area contributed by atoms with Crippen molar-refractivity contribution in [3.8, 4) is 0 Å². The summed E-state index contributed by atoms with van der Waals surface area (Å²) in [6, 6.07) is 2.04. The van der Waals surface area contributed by atoms with E-state index >= 15 is 0 Å². The van der Waals surface area contributed by atoms with Gasteiger partial charge in [0.2, 0.25) is 0 Å². The zero-order chi connectivity index (χ0) is 9.14. The van der Waals surface area contributed by atoms with E-state index in [1.54, 1.807) is 18.3 Å². The number of ketones is 1. The highest BCUT2D eigenvalue weighted by atomic mass is 32.1. The Hall–Kier alpha value is -0.890. The standard InChI is InChI=1S/C10H12OS/c1-4-5-9-6-7(2)10(12-9)8(3)11/h4-6H,1-3H3/b5-4+. The molecule has 1 aromatic rings. The number of carbonyl (C=O) groups is 1. The molecule has 1 aromatic heterocycles. The highest BCUT2D eigenvalue weighted by Crippen LogP contribution is 2.23. The Morgan fingerprint density at radius 1 is 1.58 bits per heavy atom. The number of carbonyl (C=O) groups excluding carboxylic acids is 1. The Bertz CT molecular complexity index is 321. The molecule has 0 aliphatic carbocycles. The van der Waals surface area contributed by atoms with E-state index in [2.05, 4.69) is 0 Å². The Kier molecular flexibility index (Phi) is 2.82. The summed E-state index contributed by atoms with van der Waals surface area (Å²) in [5.41, 5.74) is 1.08. The molecule has 1 heterocycles. The second kappa shape index (κ2) is 3.68. The number of hydrogen-bond donors (Lipinski definition) is 0. The lowest BCUT2D eigenvalue weighted by atomic mass is 10.2. The molecular weight excluding hydrogens is 168 g/mol. The fourth-order valence-corrected chi connectivity index (χ4v) is 2.14. The minimum Gasteiger partial charge on any atom is -0.294 e. The molecule has 0 spiro atoms. The van der Waals surface area contributed by atoms with Gasteiger partial charge in [0.25, 0.3) is 0 Å². The predicted molar refractivity (Wildman–Crippen MR) is 53.8 cm³/mol. The third-order valence-electron chi connectivity index (χ3n) is 1.59. The number of Topliss-reactive ketones (excluding diaryl/α,β-unsaturated/α-hetero) is 1. The second-order valence-corrected chi connectivity index (χ2v) is 3.80. The van der Waals surface area contributed by atoms with Crippen LogP contribution in [0.15, 0.2) is 12.1 Å². The van der Waals surface area contributed by atoms with Gasteiger partial charge in [0.1, 0.15) is 0 Å². The van der Waals surface area contributed by atoms with Crippen molar-refractivity contribution >= 4 is 23.2 Å². The SMILES string of the molecule is C/C=C/c1cc(C)c(C(C)=O)s1. The average molecular weight is 180 g/mol. The molecule has 1 nitrogen and oxygen atoms in total. The van der Waals surface area contributed by atoms with Crippen molar-refractivity contribution in [3.05, 3.63) is 27.5 Å². The van der Waals surface area contributed by atoms with Crippen LogP contribution >= 0.6 is 11.3 Å². The predicted octanol–water partition coefficient (Wildman–Crippen LogP) is 3.29. The number of allylic oxidation sites excluding steroid dienone is 1. The number of aryl methyl sites for hydroxylation is 1. The molecule has 0 N–H and O–H groups in total. The summed E-state index contributed by atoms with van der Waals surface area (Å²) in [5, 5.41) is 0. The summed E-state index contributed by atoms with van der Waals surface area (Å²) in [6.07, 6.45) is 4.00. The van der Waals surface area contributed by atoms with Crippen LogP contribution in [0, 0.1) is 6.92 Å². The van der Waals surface area contributed by atoms with Crippen LogP contribution in [0.5, 0.6) is 0 Å². The van der Waals surface area contributed by atoms with Crippen molar-refractivity contribution in [2.75, 3.05) is 0 Å². The first-order valence-corrected chi connectivity index (χ1v) is 4.71. The largest absolute Gasteiger partial charge is 0.294 e. The summed E-state index contributed by atoms with van der Waals surface area (Å²) >= 11 is 1.56. The molecule has 2 heteroatoms. The summed E-state index contributed by atoms with van der Waals surface area (Å²) in [4.78, 5) is 13.1. The van der Waals surface area contributed by atoms with E-state index in [1.807, 2.05) is 32.1 Å². The molecule has 0 aliphatic rings. The number of rotatable bonds is 2. The molecule has 0 radical (unpaired) electrons. The highest BCUT2D eigenvalue weighted by Gasteiger charge is 2.07. The summed E-state index contributed by atoms with van der Waals surface area (Å²) in [6.45, 7) is 5.56. The molecule has 0 bridgehead atoms. The lowest BCUT2D eigenvalue weighted by Crippen LogP contribution is -1.87. The van der Waals surface area contributed by atoms with Gasteiger partial charge >= 0.3 is 0 Å². The molecule has 0 unspecified atom stereocenters. The first-order chi connectivity index (χ1) is 5.65. The maximum atomic E-state index is 11.1. The van der Waals surface area contributed by atoms with E-state index in [-0.39, 0.29) is 5.78 Å². The fourth-order valence-electron chi connectivity index (χ4n) is 1.10. The van der Waals surface area contributed by atoms with Crippen LogP contribution in [0.1, 0.15) is 34.0 Å². The van der Waals surface area contributed by atoms with Crippen LogP contribution in [-0.2, 0) is 0 Å². The van der Waals surface area contributed by atoms with Gasteiger partial charge in [-0.25, -0.2) is 0 Å². The zero-order valence-electron chi connectivity index (χ0n) is 7.55. The van der Waals surface area contributed by atoms with E-state index < -0.39 is 0 Å². The Labute approximate surface area is 76.7 Å². The molecular formula is C10H12OS. The zero-order valence-corrected chi connectivity index (χ0v) is 8.37. The quantitative estimate of drug-likeness (QED) is 0.638. The van der Waals surface area contributed by atoms with Crippen LogP contribution in [0.2, 0.25) is 0 Å². The Morgan fingerprint density at radius 3 is 2.67 bits per heavy atom. The minimum atomic E-state index is 0.160. The third kappa shape index (κ3) is 1.83. The van der Waals surface area contributed by atoms with Crippen molar-refractivity contribution in [2.45, 2.75) is 20.8 Å². The van der Waals surface area contributed by atoms with Crippen molar-refractivity contribution in [1.29, 1.82) is 0 Å². The second-order valence-electron chi connectivity index (χ2n) is 2.72.